The minimum absolute atomic E-state index is 0.134. The molecule has 0 unspecified atom stereocenters. The second-order valence-electron chi connectivity index (χ2n) is 5.45. The standard InChI is InChI=1S/C15H21N3OS/c1-11-12(7-6-10-17-11)13(19)18-15(14(16)20)8-4-2-3-5-9-15/h6-7,10H,2-5,8-9H2,1H3,(H2,16,20)(H,18,19). The first-order chi connectivity index (χ1) is 9.55. The summed E-state index contributed by atoms with van der Waals surface area (Å²) in [5, 5.41) is 3.08. The molecule has 1 aliphatic rings. The number of nitrogens with zero attached hydrogens (tertiary/aromatic N) is 1. The highest BCUT2D eigenvalue weighted by Gasteiger charge is 2.35. The van der Waals surface area contributed by atoms with Crippen molar-refractivity contribution >= 4 is 23.1 Å². The Labute approximate surface area is 125 Å². The van der Waals surface area contributed by atoms with E-state index in [0.29, 0.717) is 10.6 Å². The van der Waals surface area contributed by atoms with Gasteiger partial charge in [-0.2, -0.15) is 0 Å². The van der Waals surface area contributed by atoms with Gasteiger partial charge in [0.25, 0.3) is 5.91 Å². The number of carbonyl (C=O) groups excluding carboxylic acids is 1. The summed E-state index contributed by atoms with van der Waals surface area (Å²) in [6, 6.07) is 3.55. The average molecular weight is 291 g/mol. The third-order valence-electron chi connectivity index (χ3n) is 4.03. The summed E-state index contributed by atoms with van der Waals surface area (Å²) in [5.41, 5.74) is 6.71. The second kappa shape index (κ2) is 6.31. The maximum Gasteiger partial charge on any atom is 0.253 e. The number of carbonyl (C=O) groups is 1. The van der Waals surface area contributed by atoms with Gasteiger partial charge in [-0.05, 0) is 31.9 Å². The largest absolute Gasteiger partial charge is 0.391 e. The molecule has 1 heterocycles. The van der Waals surface area contributed by atoms with Crippen molar-refractivity contribution in [1.82, 2.24) is 10.3 Å². The molecule has 1 aliphatic carbocycles. The van der Waals surface area contributed by atoms with Crippen molar-refractivity contribution in [2.45, 2.75) is 51.0 Å². The quantitative estimate of drug-likeness (QED) is 0.663. The lowest BCUT2D eigenvalue weighted by Crippen LogP contribution is -2.56. The molecule has 1 fully saturated rings. The molecule has 20 heavy (non-hydrogen) atoms. The van der Waals surface area contributed by atoms with Crippen molar-refractivity contribution in [2.24, 2.45) is 5.73 Å². The van der Waals surface area contributed by atoms with Gasteiger partial charge in [0, 0.05) is 11.9 Å². The predicted octanol–water partition coefficient (Wildman–Crippen LogP) is 2.50. The van der Waals surface area contributed by atoms with Crippen molar-refractivity contribution in [3.05, 3.63) is 29.6 Å². The molecule has 4 nitrogen and oxygen atoms in total. The topological polar surface area (TPSA) is 68.0 Å². The molecule has 0 aliphatic heterocycles. The van der Waals surface area contributed by atoms with Gasteiger partial charge < -0.3 is 11.1 Å². The van der Waals surface area contributed by atoms with E-state index in [9.17, 15) is 4.79 Å². The van der Waals surface area contributed by atoms with Gasteiger partial charge in [-0.3, -0.25) is 9.78 Å². The van der Waals surface area contributed by atoms with Crippen LogP contribution in [0.15, 0.2) is 18.3 Å². The zero-order valence-electron chi connectivity index (χ0n) is 11.8. The normalized spacial score (nSPS) is 18.1. The number of aryl methyl sites for hydroxylation is 1. The van der Waals surface area contributed by atoms with Crippen LogP contribution in [-0.4, -0.2) is 21.4 Å². The van der Waals surface area contributed by atoms with Crippen molar-refractivity contribution in [3.8, 4) is 0 Å². The summed E-state index contributed by atoms with van der Waals surface area (Å²) in [4.78, 5) is 17.0. The molecule has 0 bridgehead atoms. The first kappa shape index (κ1) is 14.9. The number of nitrogens with two attached hydrogens (primary N) is 1. The van der Waals surface area contributed by atoms with Gasteiger partial charge in [0.2, 0.25) is 0 Å². The van der Waals surface area contributed by atoms with Crippen LogP contribution in [-0.2, 0) is 0 Å². The van der Waals surface area contributed by atoms with Gasteiger partial charge >= 0.3 is 0 Å². The molecule has 1 saturated carbocycles. The maximum absolute atomic E-state index is 12.5. The number of thiocarbonyl (C=S) groups is 1. The van der Waals surface area contributed by atoms with E-state index in [1.54, 1.807) is 18.3 Å². The minimum Gasteiger partial charge on any atom is -0.391 e. The van der Waals surface area contributed by atoms with Crippen LogP contribution in [0.4, 0.5) is 0 Å². The van der Waals surface area contributed by atoms with Crippen molar-refractivity contribution in [1.29, 1.82) is 0 Å². The van der Waals surface area contributed by atoms with Crippen LogP contribution in [0, 0.1) is 6.92 Å². The van der Waals surface area contributed by atoms with Crippen LogP contribution in [0.1, 0.15) is 54.6 Å². The summed E-state index contributed by atoms with van der Waals surface area (Å²) in [5.74, 6) is -0.134. The molecule has 108 valence electrons. The molecule has 0 radical (unpaired) electrons. The van der Waals surface area contributed by atoms with E-state index in [1.165, 1.54) is 12.8 Å². The summed E-state index contributed by atoms with van der Waals surface area (Å²) in [6.07, 6.45) is 7.77. The fourth-order valence-electron chi connectivity index (χ4n) is 2.77. The summed E-state index contributed by atoms with van der Waals surface area (Å²) >= 11 is 5.24. The lowest BCUT2D eigenvalue weighted by molar-refractivity contribution is 0.0916. The molecular weight excluding hydrogens is 270 g/mol. The Kier molecular flexibility index (Phi) is 4.70. The fraction of sp³-hybridized carbons (Fsp3) is 0.533. The second-order valence-corrected chi connectivity index (χ2v) is 5.89. The molecule has 2 rings (SSSR count). The summed E-state index contributed by atoms with van der Waals surface area (Å²) in [6.45, 7) is 1.83. The van der Waals surface area contributed by atoms with E-state index in [-0.39, 0.29) is 5.91 Å². The highest BCUT2D eigenvalue weighted by molar-refractivity contribution is 7.80. The Morgan fingerprint density at radius 1 is 1.35 bits per heavy atom. The van der Waals surface area contributed by atoms with E-state index in [4.69, 9.17) is 18.0 Å². The van der Waals surface area contributed by atoms with Crippen LogP contribution < -0.4 is 11.1 Å². The smallest absolute Gasteiger partial charge is 0.253 e. The zero-order chi connectivity index (χ0) is 14.6. The Morgan fingerprint density at radius 2 is 2.00 bits per heavy atom. The van der Waals surface area contributed by atoms with Gasteiger partial charge in [-0.15, -0.1) is 0 Å². The minimum atomic E-state index is -0.537. The Morgan fingerprint density at radius 3 is 2.55 bits per heavy atom. The van der Waals surface area contributed by atoms with Crippen molar-refractivity contribution < 1.29 is 4.79 Å². The Bertz CT molecular complexity index is 508. The number of pyridine rings is 1. The Balaban J connectivity index is 2.22. The van der Waals surface area contributed by atoms with Crippen LogP contribution in [0.25, 0.3) is 0 Å². The van der Waals surface area contributed by atoms with Gasteiger partial charge in [0.15, 0.2) is 0 Å². The SMILES string of the molecule is Cc1ncccc1C(=O)NC1(C(N)=S)CCCCCC1. The van der Waals surface area contributed by atoms with Crippen LogP contribution >= 0.6 is 12.2 Å². The van der Waals surface area contributed by atoms with Crippen molar-refractivity contribution in [2.75, 3.05) is 0 Å². The van der Waals surface area contributed by atoms with Gasteiger partial charge in [0.1, 0.15) is 0 Å². The fourth-order valence-corrected chi connectivity index (χ4v) is 3.03. The number of hydrogen-bond acceptors (Lipinski definition) is 3. The highest BCUT2D eigenvalue weighted by Crippen LogP contribution is 2.28. The van der Waals surface area contributed by atoms with Crippen LogP contribution in [0.5, 0.6) is 0 Å². The van der Waals surface area contributed by atoms with Crippen LogP contribution in [0.2, 0.25) is 0 Å². The van der Waals surface area contributed by atoms with Crippen molar-refractivity contribution in [3.63, 3.8) is 0 Å². The number of rotatable bonds is 3. The average Bonchev–Trinajstić information content (AvgIpc) is 2.65. The monoisotopic (exact) mass is 291 g/mol. The van der Waals surface area contributed by atoms with Crippen LogP contribution in [0.3, 0.4) is 0 Å². The van der Waals surface area contributed by atoms with E-state index >= 15 is 0 Å². The highest BCUT2D eigenvalue weighted by atomic mass is 32.1. The molecule has 5 heteroatoms. The number of amides is 1. The molecule has 0 spiro atoms. The lowest BCUT2D eigenvalue weighted by atomic mass is 9.89. The molecule has 1 aromatic heterocycles. The van der Waals surface area contributed by atoms with E-state index in [2.05, 4.69) is 10.3 Å². The number of nitrogens with one attached hydrogen (secondary N) is 1. The van der Waals surface area contributed by atoms with Gasteiger partial charge in [0.05, 0.1) is 16.1 Å². The Hall–Kier alpha value is -1.49. The number of hydrogen-bond donors (Lipinski definition) is 2. The lowest BCUT2D eigenvalue weighted by Gasteiger charge is -2.33. The van der Waals surface area contributed by atoms with E-state index in [0.717, 1.165) is 31.4 Å². The molecular formula is C15H21N3OS. The third kappa shape index (κ3) is 3.15. The molecule has 1 amide bonds. The predicted molar refractivity (Wildman–Crippen MR) is 83.7 cm³/mol. The van der Waals surface area contributed by atoms with E-state index < -0.39 is 5.54 Å². The third-order valence-corrected chi connectivity index (χ3v) is 4.42. The zero-order valence-corrected chi connectivity index (χ0v) is 12.6. The van der Waals surface area contributed by atoms with E-state index in [1.807, 2.05) is 6.92 Å². The molecule has 0 aromatic carbocycles. The molecule has 3 N–H and O–H groups in total. The summed E-state index contributed by atoms with van der Waals surface area (Å²) < 4.78 is 0. The molecule has 0 saturated heterocycles. The number of aromatic nitrogens is 1. The molecule has 0 atom stereocenters. The first-order valence-electron chi connectivity index (χ1n) is 7.09. The van der Waals surface area contributed by atoms with Gasteiger partial charge in [-0.25, -0.2) is 0 Å². The first-order valence-corrected chi connectivity index (χ1v) is 7.50. The molecule has 1 aromatic rings. The summed E-state index contributed by atoms with van der Waals surface area (Å²) in [7, 11) is 0. The maximum atomic E-state index is 12.5. The van der Waals surface area contributed by atoms with Gasteiger partial charge in [-0.1, -0.05) is 37.9 Å².